The first-order valence-electron chi connectivity index (χ1n) is 6.21. The zero-order valence-electron chi connectivity index (χ0n) is 10.8. The smallest absolute Gasteiger partial charge is 0.139 e. The van der Waals surface area contributed by atoms with Gasteiger partial charge in [-0.05, 0) is 23.3 Å². The molecule has 106 valence electrons. The van der Waals surface area contributed by atoms with Crippen molar-refractivity contribution in [3.63, 3.8) is 0 Å². The minimum atomic E-state index is -1.58. The Balaban J connectivity index is 2.09. The summed E-state index contributed by atoms with van der Waals surface area (Å²) in [5.74, 6) is -0.556. The Morgan fingerprint density at radius 1 is 1.15 bits per heavy atom. The van der Waals surface area contributed by atoms with Gasteiger partial charge in [0, 0.05) is 6.54 Å². The number of aliphatic hydroxyl groups excluding tert-OH is 1. The highest BCUT2D eigenvalue weighted by molar-refractivity contribution is 7.85. The van der Waals surface area contributed by atoms with Crippen molar-refractivity contribution in [2.24, 2.45) is 5.73 Å². The Morgan fingerprint density at radius 3 is 2.40 bits per heavy atom. The maximum atomic E-state index is 13.5. The van der Waals surface area contributed by atoms with E-state index in [1.54, 1.807) is 18.2 Å². The molecule has 0 aliphatic heterocycles. The van der Waals surface area contributed by atoms with Crippen LogP contribution in [0.2, 0.25) is 0 Å². The summed E-state index contributed by atoms with van der Waals surface area (Å²) in [6.45, 7) is 0.428. The standard InChI is InChI=1S/C15H16FNO2S/c16-13-3-1-2-4-15(13)20(19)10-14(18)12-7-5-11(9-17)6-8-12/h1-8,14,18H,9-10,17H2. The van der Waals surface area contributed by atoms with Gasteiger partial charge in [-0.15, -0.1) is 0 Å². The summed E-state index contributed by atoms with van der Waals surface area (Å²) in [6, 6.07) is 13.0. The first-order chi connectivity index (χ1) is 9.61. The molecule has 0 saturated carbocycles. The Labute approximate surface area is 119 Å². The van der Waals surface area contributed by atoms with Crippen molar-refractivity contribution in [1.29, 1.82) is 0 Å². The average Bonchev–Trinajstić information content (AvgIpc) is 2.47. The number of hydrogen-bond donors (Lipinski definition) is 2. The molecule has 2 rings (SSSR count). The molecular weight excluding hydrogens is 277 g/mol. The van der Waals surface area contributed by atoms with Crippen LogP contribution in [0.3, 0.4) is 0 Å². The van der Waals surface area contributed by atoms with Gasteiger partial charge in [0.2, 0.25) is 0 Å². The Hall–Kier alpha value is -1.56. The quantitative estimate of drug-likeness (QED) is 0.887. The number of rotatable bonds is 5. The van der Waals surface area contributed by atoms with Gasteiger partial charge in [-0.3, -0.25) is 4.21 Å². The molecule has 2 unspecified atom stereocenters. The van der Waals surface area contributed by atoms with Crippen LogP contribution in [0.15, 0.2) is 53.4 Å². The summed E-state index contributed by atoms with van der Waals surface area (Å²) in [4.78, 5) is 0.116. The molecular formula is C15H16FNO2S. The maximum absolute atomic E-state index is 13.5. The third-order valence-corrected chi connectivity index (χ3v) is 4.43. The number of halogens is 1. The predicted molar refractivity (Wildman–Crippen MR) is 77.0 cm³/mol. The van der Waals surface area contributed by atoms with Crippen molar-refractivity contribution < 1.29 is 13.7 Å². The van der Waals surface area contributed by atoms with Gasteiger partial charge in [-0.2, -0.15) is 0 Å². The van der Waals surface area contributed by atoms with Crippen LogP contribution in [0.5, 0.6) is 0 Å². The molecule has 0 aliphatic rings. The predicted octanol–water partition coefficient (Wildman–Crippen LogP) is 2.13. The van der Waals surface area contributed by atoms with Gasteiger partial charge in [0.25, 0.3) is 0 Å². The summed E-state index contributed by atoms with van der Waals surface area (Å²) < 4.78 is 25.6. The molecule has 5 heteroatoms. The summed E-state index contributed by atoms with van der Waals surface area (Å²) in [5.41, 5.74) is 7.10. The number of benzene rings is 2. The van der Waals surface area contributed by atoms with Crippen LogP contribution in [-0.2, 0) is 17.3 Å². The van der Waals surface area contributed by atoms with Gasteiger partial charge in [0.05, 0.1) is 27.6 Å². The molecule has 3 N–H and O–H groups in total. The summed E-state index contributed by atoms with van der Waals surface area (Å²) in [6.07, 6.45) is -0.901. The molecule has 0 heterocycles. The third kappa shape index (κ3) is 3.50. The van der Waals surface area contributed by atoms with Crippen molar-refractivity contribution in [2.45, 2.75) is 17.5 Å². The Morgan fingerprint density at radius 2 is 1.80 bits per heavy atom. The van der Waals surface area contributed by atoms with E-state index in [2.05, 4.69) is 0 Å². The van der Waals surface area contributed by atoms with E-state index in [9.17, 15) is 13.7 Å². The monoisotopic (exact) mass is 293 g/mol. The molecule has 0 spiro atoms. The molecule has 0 aromatic heterocycles. The molecule has 20 heavy (non-hydrogen) atoms. The molecule has 2 aromatic rings. The topological polar surface area (TPSA) is 63.3 Å². The molecule has 2 aromatic carbocycles. The summed E-state index contributed by atoms with van der Waals surface area (Å²) >= 11 is 0. The van der Waals surface area contributed by atoms with Gasteiger partial charge >= 0.3 is 0 Å². The number of hydrogen-bond acceptors (Lipinski definition) is 3. The second kappa shape index (κ2) is 6.74. The van der Waals surface area contributed by atoms with E-state index in [1.165, 1.54) is 18.2 Å². The van der Waals surface area contributed by atoms with Gasteiger partial charge in [0.15, 0.2) is 0 Å². The SMILES string of the molecule is NCc1ccc(C(O)CS(=O)c2ccccc2F)cc1. The van der Waals surface area contributed by atoms with E-state index in [-0.39, 0.29) is 10.6 Å². The van der Waals surface area contributed by atoms with Crippen LogP contribution in [0, 0.1) is 5.82 Å². The van der Waals surface area contributed by atoms with Crippen molar-refractivity contribution >= 4 is 10.8 Å². The molecule has 0 bridgehead atoms. The average molecular weight is 293 g/mol. The fourth-order valence-electron chi connectivity index (χ4n) is 1.83. The highest BCUT2D eigenvalue weighted by Gasteiger charge is 2.15. The van der Waals surface area contributed by atoms with Gasteiger partial charge in [-0.25, -0.2) is 4.39 Å². The summed E-state index contributed by atoms with van der Waals surface area (Å²) in [7, 11) is -1.58. The molecule has 0 aliphatic carbocycles. The van der Waals surface area contributed by atoms with Crippen molar-refractivity contribution in [1.82, 2.24) is 0 Å². The lowest BCUT2D eigenvalue weighted by molar-refractivity contribution is 0.203. The second-order valence-electron chi connectivity index (χ2n) is 4.40. The maximum Gasteiger partial charge on any atom is 0.139 e. The zero-order valence-corrected chi connectivity index (χ0v) is 11.6. The lowest BCUT2D eigenvalue weighted by atomic mass is 10.1. The van der Waals surface area contributed by atoms with E-state index >= 15 is 0 Å². The third-order valence-electron chi connectivity index (χ3n) is 2.99. The van der Waals surface area contributed by atoms with E-state index in [4.69, 9.17) is 5.73 Å². The van der Waals surface area contributed by atoms with Crippen LogP contribution in [0.1, 0.15) is 17.2 Å². The molecule has 0 fully saturated rings. The highest BCUT2D eigenvalue weighted by atomic mass is 32.2. The number of nitrogens with two attached hydrogens (primary N) is 1. The first-order valence-corrected chi connectivity index (χ1v) is 7.53. The van der Waals surface area contributed by atoms with Crippen molar-refractivity contribution in [2.75, 3.05) is 5.75 Å². The van der Waals surface area contributed by atoms with Gasteiger partial charge in [-0.1, -0.05) is 36.4 Å². The van der Waals surface area contributed by atoms with Crippen LogP contribution < -0.4 is 5.73 Å². The fourth-order valence-corrected chi connectivity index (χ4v) is 3.01. The minimum Gasteiger partial charge on any atom is -0.387 e. The Kier molecular flexibility index (Phi) is 5.00. The second-order valence-corrected chi connectivity index (χ2v) is 5.87. The molecule has 0 amide bonds. The van der Waals surface area contributed by atoms with Crippen LogP contribution in [0.25, 0.3) is 0 Å². The number of aliphatic hydroxyl groups is 1. The minimum absolute atomic E-state index is 0.0388. The van der Waals surface area contributed by atoms with E-state index in [1.807, 2.05) is 12.1 Å². The van der Waals surface area contributed by atoms with Crippen LogP contribution in [-0.4, -0.2) is 15.1 Å². The molecule has 3 nitrogen and oxygen atoms in total. The van der Waals surface area contributed by atoms with Crippen molar-refractivity contribution in [3.05, 3.63) is 65.5 Å². The molecule has 0 saturated heterocycles. The normalized spacial score (nSPS) is 13.9. The largest absolute Gasteiger partial charge is 0.387 e. The van der Waals surface area contributed by atoms with E-state index < -0.39 is 22.7 Å². The zero-order chi connectivity index (χ0) is 14.5. The summed E-state index contributed by atoms with van der Waals surface area (Å²) in [5, 5.41) is 10.1. The Bertz CT molecular complexity index is 601. The van der Waals surface area contributed by atoms with E-state index in [0.717, 1.165) is 5.56 Å². The van der Waals surface area contributed by atoms with Gasteiger partial charge < -0.3 is 10.8 Å². The van der Waals surface area contributed by atoms with Gasteiger partial charge in [0.1, 0.15) is 5.82 Å². The van der Waals surface area contributed by atoms with E-state index in [0.29, 0.717) is 12.1 Å². The molecule has 2 atom stereocenters. The van der Waals surface area contributed by atoms with Crippen LogP contribution >= 0.6 is 0 Å². The van der Waals surface area contributed by atoms with Crippen molar-refractivity contribution in [3.8, 4) is 0 Å². The lowest BCUT2D eigenvalue weighted by Crippen LogP contribution is -2.10. The van der Waals surface area contributed by atoms with Crippen LogP contribution in [0.4, 0.5) is 4.39 Å². The highest BCUT2D eigenvalue weighted by Crippen LogP contribution is 2.19. The first kappa shape index (κ1) is 14.8. The lowest BCUT2D eigenvalue weighted by Gasteiger charge is -2.11. The molecule has 0 radical (unpaired) electrons. The fraction of sp³-hybridized carbons (Fsp3) is 0.200.